The van der Waals surface area contributed by atoms with Crippen LogP contribution in [0.2, 0.25) is 0 Å². The molecule has 2 rings (SSSR count). The van der Waals surface area contributed by atoms with Gasteiger partial charge < -0.3 is 10.0 Å². The van der Waals surface area contributed by atoms with E-state index in [2.05, 4.69) is 15.9 Å². The Labute approximate surface area is 118 Å². The molecule has 0 aliphatic carbocycles. The van der Waals surface area contributed by atoms with Crippen molar-refractivity contribution in [3.63, 3.8) is 0 Å². The van der Waals surface area contributed by atoms with Gasteiger partial charge in [0.15, 0.2) is 0 Å². The fraction of sp³-hybridized carbons (Fsp3) is 0.385. The number of carboxylic acid groups (broad SMARTS) is 1. The topological polar surface area (TPSA) is 57.6 Å². The summed E-state index contributed by atoms with van der Waals surface area (Å²) in [6.07, 6.45) is 1.18. The van der Waals surface area contributed by atoms with Crippen molar-refractivity contribution in [2.75, 3.05) is 13.1 Å². The van der Waals surface area contributed by atoms with Crippen LogP contribution in [0.4, 0.5) is 4.39 Å². The van der Waals surface area contributed by atoms with Gasteiger partial charge in [0.2, 0.25) is 0 Å². The first-order valence-corrected chi connectivity index (χ1v) is 6.75. The standard InChI is InChI=1S/C13H13BrFNO3/c14-9-3-4-11(15)10(6-9)12(17)16-5-1-2-8(7-16)13(18)19/h3-4,6,8H,1-2,5,7H2,(H,18,19). The third-order valence-electron chi connectivity index (χ3n) is 3.22. The summed E-state index contributed by atoms with van der Waals surface area (Å²) in [5.74, 6) is -2.52. The summed E-state index contributed by atoms with van der Waals surface area (Å²) in [5.41, 5.74) is -0.0274. The van der Waals surface area contributed by atoms with Gasteiger partial charge in [0.25, 0.3) is 5.91 Å². The number of halogens is 2. The maximum Gasteiger partial charge on any atom is 0.308 e. The Morgan fingerprint density at radius 1 is 1.42 bits per heavy atom. The minimum absolute atomic E-state index is 0.0274. The van der Waals surface area contributed by atoms with E-state index >= 15 is 0 Å². The van der Waals surface area contributed by atoms with Gasteiger partial charge in [-0.3, -0.25) is 9.59 Å². The molecule has 1 N–H and O–H groups in total. The summed E-state index contributed by atoms with van der Waals surface area (Å²) in [6.45, 7) is 0.606. The second kappa shape index (κ2) is 5.69. The molecule has 102 valence electrons. The molecule has 1 saturated heterocycles. The first-order chi connectivity index (χ1) is 8.99. The van der Waals surface area contributed by atoms with Gasteiger partial charge in [0.1, 0.15) is 5.82 Å². The number of likely N-dealkylation sites (tertiary alicyclic amines) is 1. The number of rotatable bonds is 2. The number of hydrogen-bond donors (Lipinski definition) is 1. The first kappa shape index (κ1) is 14.0. The summed E-state index contributed by atoms with van der Waals surface area (Å²) in [6, 6.07) is 4.15. The minimum Gasteiger partial charge on any atom is -0.481 e. The van der Waals surface area contributed by atoms with Crippen LogP contribution in [0.1, 0.15) is 23.2 Å². The number of aliphatic carboxylic acids is 1. The van der Waals surface area contributed by atoms with Crippen molar-refractivity contribution in [3.8, 4) is 0 Å². The highest BCUT2D eigenvalue weighted by atomic mass is 79.9. The predicted octanol–water partition coefficient (Wildman–Crippen LogP) is 2.53. The number of nitrogens with zero attached hydrogens (tertiary/aromatic N) is 1. The van der Waals surface area contributed by atoms with Gasteiger partial charge in [-0.05, 0) is 31.0 Å². The van der Waals surface area contributed by atoms with Crippen LogP contribution in [0.5, 0.6) is 0 Å². The van der Waals surface area contributed by atoms with Crippen molar-refractivity contribution < 1.29 is 19.1 Å². The molecule has 1 aromatic rings. The van der Waals surface area contributed by atoms with Gasteiger partial charge >= 0.3 is 5.97 Å². The van der Waals surface area contributed by atoms with Gasteiger partial charge in [0.05, 0.1) is 11.5 Å². The zero-order valence-electron chi connectivity index (χ0n) is 10.1. The van der Waals surface area contributed by atoms with Crippen LogP contribution in [0.15, 0.2) is 22.7 Å². The van der Waals surface area contributed by atoms with E-state index in [0.29, 0.717) is 23.9 Å². The summed E-state index contributed by atoms with van der Waals surface area (Å²) < 4.78 is 14.3. The molecule has 1 aliphatic heterocycles. The van der Waals surface area contributed by atoms with Crippen molar-refractivity contribution in [1.29, 1.82) is 0 Å². The molecule has 0 aromatic heterocycles. The van der Waals surface area contributed by atoms with Crippen molar-refractivity contribution in [1.82, 2.24) is 4.90 Å². The molecule has 0 bridgehead atoms. The number of carbonyl (C=O) groups is 2. The zero-order chi connectivity index (χ0) is 14.0. The quantitative estimate of drug-likeness (QED) is 0.907. The SMILES string of the molecule is O=C(O)C1CCCN(C(=O)c2cc(Br)ccc2F)C1. The van der Waals surface area contributed by atoms with Gasteiger partial charge in [-0.2, -0.15) is 0 Å². The number of hydrogen-bond acceptors (Lipinski definition) is 2. The molecule has 1 amide bonds. The summed E-state index contributed by atoms with van der Waals surface area (Å²) in [5, 5.41) is 8.99. The third-order valence-corrected chi connectivity index (χ3v) is 3.71. The van der Waals surface area contributed by atoms with Crippen molar-refractivity contribution in [3.05, 3.63) is 34.1 Å². The lowest BCUT2D eigenvalue weighted by Gasteiger charge is -2.30. The summed E-state index contributed by atoms with van der Waals surface area (Å²) in [7, 11) is 0. The second-order valence-corrected chi connectivity index (χ2v) is 5.47. The fourth-order valence-corrected chi connectivity index (χ4v) is 2.56. The summed E-state index contributed by atoms with van der Waals surface area (Å²) >= 11 is 3.19. The Hall–Kier alpha value is -1.43. The Bertz CT molecular complexity index is 521. The lowest BCUT2D eigenvalue weighted by molar-refractivity contribution is -0.143. The van der Waals surface area contributed by atoms with Crippen LogP contribution in [0.3, 0.4) is 0 Å². The van der Waals surface area contributed by atoms with Crippen molar-refractivity contribution in [2.24, 2.45) is 5.92 Å². The molecular formula is C13H13BrFNO3. The van der Waals surface area contributed by atoms with Gasteiger partial charge in [-0.1, -0.05) is 15.9 Å². The number of piperidine rings is 1. The molecule has 19 heavy (non-hydrogen) atoms. The smallest absolute Gasteiger partial charge is 0.308 e. The Morgan fingerprint density at radius 2 is 2.16 bits per heavy atom. The molecule has 4 nitrogen and oxygen atoms in total. The van der Waals surface area contributed by atoms with Gasteiger partial charge in [-0.15, -0.1) is 0 Å². The predicted molar refractivity (Wildman–Crippen MR) is 70.4 cm³/mol. The Morgan fingerprint density at radius 3 is 2.84 bits per heavy atom. The van der Waals surface area contributed by atoms with Crippen LogP contribution in [-0.4, -0.2) is 35.0 Å². The molecule has 1 heterocycles. The van der Waals surface area contributed by atoms with E-state index in [1.807, 2.05) is 0 Å². The molecule has 1 aromatic carbocycles. The lowest BCUT2D eigenvalue weighted by Crippen LogP contribution is -2.42. The summed E-state index contributed by atoms with van der Waals surface area (Å²) in [4.78, 5) is 24.6. The highest BCUT2D eigenvalue weighted by Crippen LogP contribution is 2.22. The minimum atomic E-state index is -0.910. The van der Waals surface area contributed by atoms with E-state index in [0.717, 1.165) is 0 Å². The zero-order valence-corrected chi connectivity index (χ0v) is 11.7. The number of amides is 1. The third kappa shape index (κ3) is 3.12. The highest BCUT2D eigenvalue weighted by Gasteiger charge is 2.29. The maximum atomic E-state index is 13.6. The monoisotopic (exact) mass is 329 g/mol. The van der Waals surface area contributed by atoms with Crippen LogP contribution in [0.25, 0.3) is 0 Å². The molecule has 6 heteroatoms. The largest absolute Gasteiger partial charge is 0.481 e. The van der Waals surface area contributed by atoms with Crippen LogP contribution < -0.4 is 0 Å². The highest BCUT2D eigenvalue weighted by molar-refractivity contribution is 9.10. The average Bonchev–Trinajstić information content (AvgIpc) is 2.41. The Balaban J connectivity index is 2.19. The first-order valence-electron chi connectivity index (χ1n) is 5.96. The number of carboxylic acids is 1. The van der Waals surface area contributed by atoms with E-state index in [1.165, 1.54) is 23.1 Å². The molecule has 0 saturated carbocycles. The van der Waals surface area contributed by atoms with E-state index < -0.39 is 23.6 Å². The second-order valence-electron chi connectivity index (χ2n) is 4.55. The van der Waals surface area contributed by atoms with E-state index in [4.69, 9.17) is 5.11 Å². The molecular weight excluding hydrogens is 317 g/mol. The fourth-order valence-electron chi connectivity index (χ4n) is 2.19. The maximum absolute atomic E-state index is 13.6. The molecule has 1 fully saturated rings. The van der Waals surface area contributed by atoms with Crippen molar-refractivity contribution in [2.45, 2.75) is 12.8 Å². The van der Waals surface area contributed by atoms with E-state index in [1.54, 1.807) is 0 Å². The lowest BCUT2D eigenvalue weighted by atomic mass is 9.97. The van der Waals surface area contributed by atoms with Crippen molar-refractivity contribution >= 4 is 27.8 Å². The molecule has 1 unspecified atom stereocenters. The molecule has 1 aliphatic rings. The molecule has 1 atom stereocenters. The molecule has 0 spiro atoms. The average molecular weight is 330 g/mol. The van der Waals surface area contributed by atoms with E-state index in [9.17, 15) is 14.0 Å². The van der Waals surface area contributed by atoms with Crippen LogP contribution >= 0.6 is 15.9 Å². The van der Waals surface area contributed by atoms with Crippen LogP contribution in [-0.2, 0) is 4.79 Å². The van der Waals surface area contributed by atoms with E-state index in [-0.39, 0.29) is 12.1 Å². The van der Waals surface area contributed by atoms with Gasteiger partial charge in [0, 0.05) is 17.6 Å². The Kier molecular flexibility index (Phi) is 4.19. The van der Waals surface area contributed by atoms with Gasteiger partial charge in [-0.25, -0.2) is 4.39 Å². The normalized spacial score (nSPS) is 19.3. The van der Waals surface area contributed by atoms with Crippen LogP contribution in [0, 0.1) is 11.7 Å². The molecule has 0 radical (unpaired) electrons. The number of carbonyl (C=O) groups excluding carboxylic acids is 1. The number of benzene rings is 1.